The molecule has 2 rings (SSSR count). The van der Waals surface area contributed by atoms with Crippen molar-refractivity contribution in [2.75, 3.05) is 20.2 Å². The molecular weight excluding hydrogens is 316 g/mol. The second-order valence-electron chi connectivity index (χ2n) is 5.81. The van der Waals surface area contributed by atoms with E-state index in [1.54, 1.807) is 18.1 Å². The Morgan fingerprint density at radius 2 is 2.13 bits per heavy atom. The van der Waals surface area contributed by atoms with Crippen molar-refractivity contribution < 1.29 is 14.3 Å². The lowest BCUT2D eigenvalue weighted by molar-refractivity contribution is -0.138. The van der Waals surface area contributed by atoms with E-state index in [0.717, 1.165) is 18.4 Å². The summed E-state index contributed by atoms with van der Waals surface area (Å²) in [6.45, 7) is 2.62. The van der Waals surface area contributed by atoms with Crippen LogP contribution in [0.15, 0.2) is 24.3 Å². The van der Waals surface area contributed by atoms with Crippen LogP contribution in [-0.2, 0) is 14.3 Å². The van der Waals surface area contributed by atoms with Crippen molar-refractivity contribution in [2.45, 2.75) is 38.3 Å². The molecule has 5 nitrogen and oxygen atoms in total. The van der Waals surface area contributed by atoms with Crippen LogP contribution in [0.4, 0.5) is 0 Å². The highest BCUT2D eigenvalue weighted by Gasteiger charge is 2.25. The second kappa shape index (κ2) is 8.31. The highest BCUT2D eigenvalue weighted by Crippen LogP contribution is 2.27. The van der Waals surface area contributed by atoms with Crippen LogP contribution in [0, 0.1) is 0 Å². The molecule has 0 unspecified atom stereocenters. The van der Waals surface area contributed by atoms with Gasteiger partial charge in [-0.3, -0.25) is 9.59 Å². The maximum atomic E-state index is 12.2. The van der Waals surface area contributed by atoms with Crippen LogP contribution in [0.3, 0.4) is 0 Å². The molecule has 0 radical (unpaired) electrons. The van der Waals surface area contributed by atoms with Gasteiger partial charge in [-0.1, -0.05) is 29.8 Å². The predicted molar refractivity (Wildman–Crippen MR) is 89.2 cm³/mol. The first kappa shape index (κ1) is 17.8. The normalized spacial score (nSPS) is 17.7. The number of carbonyl (C=O) groups is 2. The molecule has 1 N–H and O–H groups in total. The van der Waals surface area contributed by atoms with E-state index < -0.39 is 0 Å². The van der Waals surface area contributed by atoms with Crippen LogP contribution >= 0.6 is 11.6 Å². The number of hydrogen-bond acceptors (Lipinski definition) is 3. The number of benzene rings is 1. The number of piperidine rings is 1. The summed E-state index contributed by atoms with van der Waals surface area (Å²) >= 11 is 6.21. The van der Waals surface area contributed by atoms with E-state index in [0.29, 0.717) is 18.0 Å². The van der Waals surface area contributed by atoms with Gasteiger partial charge >= 0.3 is 0 Å². The molecule has 0 spiro atoms. The summed E-state index contributed by atoms with van der Waals surface area (Å²) < 4.78 is 5.51. The molecule has 1 saturated heterocycles. The number of methoxy groups -OCH3 is 1. The Labute approximate surface area is 141 Å². The van der Waals surface area contributed by atoms with Gasteiger partial charge < -0.3 is 15.0 Å². The Morgan fingerprint density at radius 3 is 2.78 bits per heavy atom. The molecule has 1 heterocycles. The average Bonchev–Trinajstić information content (AvgIpc) is 2.52. The molecule has 0 aromatic heterocycles. The molecule has 2 amide bonds. The van der Waals surface area contributed by atoms with Gasteiger partial charge in [-0.2, -0.15) is 0 Å². The summed E-state index contributed by atoms with van der Waals surface area (Å²) in [6, 6.07) is 7.15. The van der Waals surface area contributed by atoms with Crippen molar-refractivity contribution >= 4 is 23.4 Å². The third-order valence-electron chi connectivity index (χ3n) is 4.06. The van der Waals surface area contributed by atoms with E-state index in [-0.39, 0.29) is 30.5 Å². The lowest BCUT2D eigenvalue weighted by Crippen LogP contribution is -2.46. The number of nitrogens with zero attached hydrogens (tertiary/aromatic N) is 1. The summed E-state index contributed by atoms with van der Waals surface area (Å²) in [4.78, 5) is 25.6. The first-order valence-electron chi connectivity index (χ1n) is 7.87. The van der Waals surface area contributed by atoms with Crippen LogP contribution in [0.1, 0.15) is 37.9 Å². The Morgan fingerprint density at radius 1 is 1.39 bits per heavy atom. The zero-order valence-electron chi connectivity index (χ0n) is 13.5. The molecule has 0 aliphatic carbocycles. The van der Waals surface area contributed by atoms with Crippen molar-refractivity contribution in [3.63, 3.8) is 0 Å². The van der Waals surface area contributed by atoms with Crippen molar-refractivity contribution in [3.8, 4) is 0 Å². The minimum absolute atomic E-state index is 0.0495. The lowest BCUT2D eigenvalue weighted by atomic mass is 10.0. The number of ether oxygens (including phenoxy) is 1. The first-order chi connectivity index (χ1) is 11.0. The van der Waals surface area contributed by atoms with Gasteiger partial charge in [-0.15, -0.1) is 0 Å². The van der Waals surface area contributed by atoms with Crippen molar-refractivity contribution in [2.24, 2.45) is 0 Å². The zero-order chi connectivity index (χ0) is 16.8. The molecular formula is C17H23ClN2O3. The number of amides is 2. The minimum Gasteiger partial charge on any atom is -0.375 e. The predicted octanol–water partition coefficient (Wildman–Crippen LogP) is 2.54. The van der Waals surface area contributed by atoms with Crippen molar-refractivity contribution in [1.82, 2.24) is 10.2 Å². The number of rotatable bonds is 6. The summed E-state index contributed by atoms with van der Waals surface area (Å²) in [5, 5.41) is 3.51. The van der Waals surface area contributed by atoms with E-state index in [2.05, 4.69) is 5.32 Å². The standard InChI is InChI=1S/C17H23ClN2O3/c1-12(17(23-2)13-7-3-4-8-14(13)18)19-15(21)11-20-10-6-5-9-16(20)22/h3-4,7-8,12,17H,5-6,9-11H2,1-2H3,(H,19,21)/t12-,17+/m0/s1. The molecule has 1 fully saturated rings. The van der Waals surface area contributed by atoms with E-state index in [9.17, 15) is 9.59 Å². The Kier molecular flexibility index (Phi) is 6.42. The maximum absolute atomic E-state index is 12.2. The second-order valence-corrected chi connectivity index (χ2v) is 6.21. The molecule has 1 aliphatic heterocycles. The molecule has 0 saturated carbocycles. The van der Waals surface area contributed by atoms with E-state index in [4.69, 9.17) is 16.3 Å². The molecule has 1 aliphatic rings. The fraction of sp³-hybridized carbons (Fsp3) is 0.529. The summed E-state index contributed by atoms with van der Waals surface area (Å²) in [6.07, 6.45) is 2.05. The molecule has 126 valence electrons. The number of nitrogens with one attached hydrogen (secondary N) is 1. The monoisotopic (exact) mass is 338 g/mol. The average molecular weight is 339 g/mol. The van der Waals surface area contributed by atoms with Crippen molar-refractivity contribution in [1.29, 1.82) is 0 Å². The van der Waals surface area contributed by atoms with Gasteiger partial charge in [0, 0.05) is 30.7 Å². The Balaban J connectivity index is 1.96. The van der Waals surface area contributed by atoms with Gasteiger partial charge in [0.05, 0.1) is 12.6 Å². The fourth-order valence-corrected chi connectivity index (χ4v) is 3.13. The SMILES string of the molecule is CO[C@@H](c1ccccc1Cl)[C@H](C)NC(=O)CN1CCCCC1=O. The third kappa shape index (κ3) is 4.69. The van der Waals surface area contributed by atoms with E-state index >= 15 is 0 Å². The van der Waals surface area contributed by atoms with Crippen LogP contribution < -0.4 is 5.32 Å². The van der Waals surface area contributed by atoms with Gasteiger partial charge in [-0.05, 0) is 25.8 Å². The van der Waals surface area contributed by atoms with Gasteiger partial charge in [0.1, 0.15) is 6.10 Å². The largest absolute Gasteiger partial charge is 0.375 e. The number of hydrogen-bond donors (Lipinski definition) is 1. The van der Waals surface area contributed by atoms with Gasteiger partial charge in [0.15, 0.2) is 0 Å². The Hall–Kier alpha value is -1.59. The van der Waals surface area contributed by atoms with Crippen LogP contribution in [0.25, 0.3) is 0 Å². The molecule has 6 heteroatoms. The number of likely N-dealkylation sites (tertiary alicyclic amines) is 1. The number of halogens is 1. The quantitative estimate of drug-likeness (QED) is 0.867. The molecule has 2 atom stereocenters. The highest BCUT2D eigenvalue weighted by atomic mass is 35.5. The Bertz CT molecular complexity index is 565. The molecule has 0 bridgehead atoms. The van der Waals surface area contributed by atoms with Crippen LogP contribution in [0.5, 0.6) is 0 Å². The molecule has 1 aromatic carbocycles. The first-order valence-corrected chi connectivity index (χ1v) is 8.25. The zero-order valence-corrected chi connectivity index (χ0v) is 14.3. The van der Waals surface area contributed by atoms with Crippen LogP contribution in [-0.4, -0.2) is 43.0 Å². The maximum Gasteiger partial charge on any atom is 0.239 e. The van der Waals surface area contributed by atoms with Gasteiger partial charge in [0.2, 0.25) is 11.8 Å². The molecule has 1 aromatic rings. The fourth-order valence-electron chi connectivity index (χ4n) is 2.88. The van der Waals surface area contributed by atoms with E-state index in [1.807, 2.05) is 25.1 Å². The minimum atomic E-state index is -0.343. The highest BCUT2D eigenvalue weighted by molar-refractivity contribution is 6.31. The number of carbonyl (C=O) groups excluding carboxylic acids is 2. The van der Waals surface area contributed by atoms with Crippen LogP contribution in [0.2, 0.25) is 5.02 Å². The van der Waals surface area contributed by atoms with Gasteiger partial charge in [0.25, 0.3) is 0 Å². The summed E-state index contributed by atoms with van der Waals surface area (Å²) in [5.41, 5.74) is 0.832. The topological polar surface area (TPSA) is 58.6 Å². The van der Waals surface area contributed by atoms with E-state index in [1.165, 1.54) is 0 Å². The molecule has 23 heavy (non-hydrogen) atoms. The smallest absolute Gasteiger partial charge is 0.239 e. The van der Waals surface area contributed by atoms with Gasteiger partial charge in [-0.25, -0.2) is 0 Å². The summed E-state index contributed by atoms with van der Waals surface area (Å²) in [7, 11) is 1.59. The lowest BCUT2D eigenvalue weighted by Gasteiger charge is -2.28. The summed E-state index contributed by atoms with van der Waals surface area (Å²) in [5.74, 6) is -0.129. The van der Waals surface area contributed by atoms with Crippen molar-refractivity contribution in [3.05, 3.63) is 34.9 Å². The third-order valence-corrected chi connectivity index (χ3v) is 4.41.